The number of hydrogen-bond donors (Lipinski definition) is 2. The molecule has 1 unspecified atom stereocenters. The highest BCUT2D eigenvalue weighted by Gasteiger charge is 2.29. The van der Waals surface area contributed by atoms with Crippen molar-refractivity contribution in [2.45, 2.75) is 31.4 Å². The first-order valence-corrected chi connectivity index (χ1v) is 9.03. The lowest BCUT2D eigenvalue weighted by Gasteiger charge is -2.18. The Balaban J connectivity index is 2.42. The second-order valence-electron chi connectivity index (χ2n) is 4.82. The summed E-state index contributed by atoms with van der Waals surface area (Å²) in [6, 6.07) is 0. The number of thiazole rings is 1. The first-order chi connectivity index (χ1) is 9.87. The van der Waals surface area contributed by atoms with Crippen molar-refractivity contribution in [2.24, 2.45) is 0 Å². The number of fused-ring (bicyclic) bond motifs is 1. The van der Waals surface area contributed by atoms with E-state index in [1.54, 1.807) is 22.9 Å². The Morgan fingerprint density at radius 1 is 1.57 bits per heavy atom. The minimum atomic E-state index is -3.67. The fourth-order valence-electron chi connectivity index (χ4n) is 1.93. The molecule has 0 fully saturated rings. The lowest BCUT2D eigenvalue weighted by molar-refractivity contribution is 0.177. The molecule has 2 aromatic rings. The van der Waals surface area contributed by atoms with E-state index >= 15 is 0 Å². The zero-order valence-corrected chi connectivity index (χ0v) is 13.9. The highest BCUT2D eigenvalue weighted by atomic mass is 32.2. The lowest BCUT2D eigenvalue weighted by Crippen LogP contribution is -2.31. The molecule has 0 aliphatic carbocycles. The first-order valence-electron chi connectivity index (χ1n) is 6.71. The number of rotatable bonds is 7. The highest BCUT2D eigenvalue weighted by molar-refractivity contribution is 7.89. The van der Waals surface area contributed by atoms with Gasteiger partial charge >= 0.3 is 0 Å². The number of aliphatic hydroxyl groups is 1. The van der Waals surface area contributed by atoms with Gasteiger partial charge in [0.05, 0.1) is 6.10 Å². The molecule has 2 aromatic heterocycles. The number of aliphatic hydroxyl groups excluding tert-OH is 1. The van der Waals surface area contributed by atoms with Crippen molar-refractivity contribution < 1.29 is 13.5 Å². The van der Waals surface area contributed by atoms with Crippen LogP contribution in [0.2, 0.25) is 0 Å². The van der Waals surface area contributed by atoms with Crippen molar-refractivity contribution in [3.63, 3.8) is 0 Å². The normalized spacial score (nSPS) is 14.0. The zero-order valence-electron chi connectivity index (χ0n) is 12.3. The summed E-state index contributed by atoms with van der Waals surface area (Å²) in [5.41, 5.74) is 0. The van der Waals surface area contributed by atoms with E-state index in [-0.39, 0.29) is 11.6 Å². The van der Waals surface area contributed by atoms with Crippen LogP contribution >= 0.6 is 11.3 Å². The molecule has 0 saturated heterocycles. The largest absolute Gasteiger partial charge is 0.393 e. The van der Waals surface area contributed by atoms with Gasteiger partial charge in [0.1, 0.15) is 0 Å². The van der Waals surface area contributed by atoms with Crippen LogP contribution in [0.1, 0.15) is 20.3 Å². The Labute approximate surface area is 128 Å². The van der Waals surface area contributed by atoms with E-state index in [0.717, 1.165) is 0 Å². The summed E-state index contributed by atoms with van der Waals surface area (Å²) in [7, 11) is -2.16. The summed E-state index contributed by atoms with van der Waals surface area (Å²) in [5, 5.41) is 14.3. The smallest absolute Gasteiger partial charge is 0.262 e. The average molecular weight is 332 g/mol. The number of aromatic nitrogens is 2. The molecule has 0 amide bonds. The molecule has 2 N–H and O–H groups in total. The number of hydrogen-bond acceptors (Lipinski definition) is 6. The van der Waals surface area contributed by atoms with Crippen molar-refractivity contribution in [1.29, 1.82) is 0 Å². The molecule has 118 valence electrons. The molecule has 0 spiro atoms. The minimum Gasteiger partial charge on any atom is -0.393 e. The van der Waals surface area contributed by atoms with Crippen molar-refractivity contribution in [1.82, 2.24) is 13.7 Å². The number of nitrogens with zero attached hydrogens (tertiary/aromatic N) is 3. The van der Waals surface area contributed by atoms with E-state index in [1.165, 1.54) is 22.7 Å². The van der Waals surface area contributed by atoms with Gasteiger partial charge in [-0.05, 0) is 20.3 Å². The maximum atomic E-state index is 12.8. The van der Waals surface area contributed by atoms with Crippen LogP contribution in [0, 0.1) is 0 Å². The number of anilines is 1. The van der Waals surface area contributed by atoms with Crippen LogP contribution in [0.4, 0.5) is 5.82 Å². The van der Waals surface area contributed by atoms with Gasteiger partial charge in [0, 0.05) is 31.7 Å². The van der Waals surface area contributed by atoms with Gasteiger partial charge in [0.25, 0.3) is 10.0 Å². The van der Waals surface area contributed by atoms with Crippen LogP contribution in [0.5, 0.6) is 0 Å². The van der Waals surface area contributed by atoms with Gasteiger partial charge in [0.15, 0.2) is 15.8 Å². The van der Waals surface area contributed by atoms with Crippen LogP contribution in [0.25, 0.3) is 4.96 Å². The Hall–Kier alpha value is -1.16. The molecule has 7 nitrogen and oxygen atoms in total. The molecular formula is C12H20N4O3S2. The molecule has 2 heterocycles. The molecule has 0 aromatic carbocycles. The Kier molecular flexibility index (Phi) is 4.87. The predicted octanol–water partition coefficient (Wildman–Crippen LogP) is 1.22. The Morgan fingerprint density at radius 3 is 2.90 bits per heavy atom. The fraction of sp³-hybridized carbons (Fsp3) is 0.583. The molecule has 0 aliphatic rings. The standard InChI is InChI=1S/C12H20N4O3S2/c1-4-13-10-11(16-7-8-20-12(16)14-10)21(18,19)15(3)6-5-9(2)17/h7-9,13,17H,4-6H2,1-3H3. The molecule has 0 bridgehead atoms. The van der Waals surface area contributed by atoms with Crippen molar-refractivity contribution >= 4 is 32.1 Å². The van der Waals surface area contributed by atoms with Gasteiger partial charge in [-0.2, -0.15) is 4.31 Å². The lowest BCUT2D eigenvalue weighted by atomic mass is 10.3. The summed E-state index contributed by atoms with van der Waals surface area (Å²) in [6.07, 6.45) is 1.55. The van der Waals surface area contributed by atoms with E-state index in [0.29, 0.717) is 23.7 Å². The molecule has 0 aliphatic heterocycles. The van der Waals surface area contributed by atoms with E-state index in [1.807, 2.05) is 6.92 Å². The Morgan fingerprint density at radius 2 is 2.29 bits per heavy atom. The van der Waals surface area contributed by atoms with Gasteiger partial charge in [-0.3, -0.25) is 4.40 Å². The van der Waals surface area contributed by atoms with Crippen molar-refractivity contribution in [3.8, 4) is 0 Å². The maximum Gasteiger partial charge on any atom is 0.262 e. The summed E-state index contributed by atoms with van der Waals surface area (Å²) in [5.74, 6) is 0.369. The summed E-state index contributed by atoms with van der Waals surface area (Å²) < 4.78 is 28.4. The van der Waals surface area contributed by atoms with Crippen LogP contribution < -0.4 is 5.32 Å². The monoisotopic (exact) mass is 332 g/mol. The van der Waals surface area contributed by atoms with Crippen molar-refractivity contribution in [3.05, 3.63) is 11.6 Å². The quantitative estimate of drug-likeness (QED) is 0.796. The summed E-state index contributed by atoms with van der Waals surface area (Å²) in [4.78, 5) is 4.95. The van der Waals surface area contributed by atoms with E-state index in [9.17, 15) is 13.5 Å². The molecular weight excluding hydrogens is 312 g/mol. The first kappa shape index (κ1) is 16.2. The van der Waals surface area contributed by atoms with E-state index in [4.69, 9.17) is 0 Å². The van der Waals surface area contributed by atoms with Gasteiger partial charge < -0.3 is 10.4 Å². The average Bonchev–Trinajstić information content (AvgIpc) is 2.95. The van der Waals surface area contributed by atoms with Crippen LogP contribution in [0.15, 0.2) is 16.6 Å². The van der Waals surface area contributed by atoms with Crippen LogP contribution in [-0.4, -0.2) is 53.5 Å². The van der Waals surface area contributed by atoms with Gasteiger partial charge in [-0.15, -0.1) is 11.3 Å². The third-order valence-corrected chi connectivity index (χ3v) is 5.72. The highest BCUT2D eigenvalue weighted by Crippen LogP contribution is 2.27. The topological polar surface area (TPSA) is 86.9 Å². The third kappa shape index (κ3) is 3.20. The molecule has 0 saturated carbocycles. The number of nitrogens with one attached hydrogen (secondary N) is 1. The van der Waals surface area contributed by atoms with Crippen molar-refractivity contribution in [2.75, 3.05) is 25.5 Å². The van der Waals surface area contributed by atoms with Gasteiger partial charge in [-0.25, -0.2) is 13.4 Å². The molecule has 9 heteroatoms. The second kappa shape index (κ2) is 6.30. The van der Waals surface area contributed by atoms with Crippen LogP contribution in [-0.2, 0) is 10.0 Å². The minimum absolute atomic E-state index is 0.147. The van der Waals surface area contributed by atoms with Gasteiger partial charge in [-0.1, -0.05) is 0 Å². The molecule has 0 radical (unpaired) electrons. The number of sulfonamides is 1. The molecule has 21 heavy (non-hydrogen) atoms. The Bertz CT molecular complexity index is 705. The SMILES string of the molecule is CCNc1nc2sccn2c1S(=O)(=O)N(C)CCC(C)O. The third-order valence-electron chi connectivity index (χ3n) is 3.08. The fourth-order valence-corrected chi connectivity index (χ4v) is 4.10. The van der Waals surface area contributed by atoms with E-state index in [2.05, 4.69) is 10.3 Å². The zero-order chi connectivity index (χ0) is 15.6. The molecule has 1 atom stereocenters. The summed E-state index contributed by atoms with van der Waals surface area (Å²) in [6.45, 7) is 4.37. The van der Waals surface area contributed by atoms with E-state index < -0.39 is 16.1 Å². The maximum absolute atomic E-state index is 12.8. The predicted molar refractivity (Wildman–Crippen MR) is 83.3 cm³/mol. The second-order valence-corrected chi connectivity index (χ2v) is 7.65. The summed E-state index contributed by atoms with van der Waals surface area (Å²) >= 11 is 1.38. The van der Waals surface area contributed by atoms with Crippen LogP contribution in [0.3, 0.4) is 0 Å². The number of imidazole rings is 1. The van der Waals surface area contributed by atoms with Gasteiger partial charge in [0.2, 0.25) is 0 Å². The molecule has 2 rings (SSSR count).